The standard InChI is InChI=1S/C15H22O3/c1-9-4-6-13(11(3)15(16)17)14-8-18-10(2)5-7-12(9)14/h5,8-9,11-13H,4,6-7H2,1-3H3,(H,16,17)/t9-,11-,12+,13+/m1/s1. The van der Waals surface area contributed by atoms with Gasteiger partial charge >= 0.3 is 5.97 Å². The highest BCUT2D eigenvalue weighted by molar-refractivity contribution is 5.70. The van der Waals surface area contributed by atoms with Crippen LogP contribution in [-0.2, 0) is 9.53 Å². The lowest BCUT2D eigenvalue weighted by molar-refractivity contribution is -0.142. The number of rotatable bonds is 2. The molecule has 0 saturated heterocycles. The van der Waals surface area contributed by atoms with Gasteiger partial charge in [0.15, 0.2) is 0 Å². The number of hydrogen-bond donors (Lipinski definition) is 1. The third-order valence-corrected chi connectivity index (χ3v) is 4.51. The summed E-state index contributed by atoms with van der Waals surface area (Å²) in [6.07, 6.45) is 6.99. The number of carboxylic acids is 1. The van der Waals surface area contributed by atoms with Crippen LogP contribution in [-0.4, -0.2) is 11.1 Å². The highest BCUT2D eigenvalue weighted by Gasteiger charge is 2.38. The monoisotopic (exact) mass is 250 g/mol. The van der Waals surface area contributed by atoms with E-state index in [0.29, 0.717) is 11.8 Å². The van der Waals surface area contributed by atoms with Gasteiger partial charge in [0, 0.05) is 0 Å². The molecule has 1 aliphatic heterocycles. The maximum Gasteiger partial charge on any atom is 0.306 e. The number of carbonyl (C=O) groups is 1. The molecule has 0 aromatic rings. The molecule has 2 rings (SSSR count). The lowest BCUT2D eigenvalue weighted by Gasteiger charge is -2.37. The molecule has 2 aliphatic rings. The Morgan fingerprint density at radius 1 is 1.50 bits per heavy atom. The van der Waals surface area contributed by atoms with Gasteiger partial charge in [-0.2, -0.15) is 0 Å². The summed E-state index contributed by atoms with van der Waals surface area (Å²) >= 11 is 0. The van der Waals surface area contributed by atoms with Gasteiger partial charge in [-0.15, -0.1) is 0 Å². The number of aliphatic carboxylic acids is 1. The Kier molecular flexibility index (Phi) is 3.79. The molecule has 1 aliphatic carbocycles. The van der Waals surface area contributed by atoms with Crippen molar-refractivity contribution in [1.82, 2.24) is 0 Å². The zero-order chi connectivity index (χ0) is 13.3. The highest BCUT2D eigenvalue weighted by Crippen LogP contribution is 2.44. The molecule has 1 saturated carbocycles. The number of allylic oxidation sites excluding steroid dienone is 3. The second-order valence-corrected chi connectivity index (χ2v) is 5.68. The van der Waals surface area contributed by atoms with Crippen molar-refractivity contribution in [2.45, 2.75) is 40.0 Å². The lowest BCUT2D eigenvalue weighted by Crippen LogP contribution is -2.32. The summed E-state index contributed by atoms with van der Waals surface area (Å²) in [6, 6.07) is 0. The molecule has 0 spiro atoms. The summed E-state index contributed by atoms with van der Waals surface area (Å²) < 4.78 is 5.59. The van der Waals surface area contributed by atoms with Crippen molar-refractivity contribution in [1.29, 1.82) is 0 Å². The van der Waals surface area contributed by atoms with E-state index in [1.54, 1.807) is 0 Å². The van der Waals surface area contributed by atoms with Gasteiger partial charge in [0.05, 0.1) is 17.9 Å². The normalized spacial score (nSPS) is 33.4. The molecule has 100 valence electrons. The molecule has 0 unspecified atom stereocenters. The number of carboxylic acid groups (broad SMARTS) is 1. The Balaban J connectivity index is 2.27. The number of ether oxygens (including phenoxy) is 1. The summed E-state index contributed by atoms with van der Waals surface area (Å²) in [5.74, 6) is 1.08. The summed E-state index contributed by atoms with van der Waals surface area (Å²) in [4.78, 5) is 11.2. The first kappa shape index (κ1) is 13.2. The van der Waals surface area contributed by atoms with Crippen LogP contribution in [0, 0.1) is 23.7 Å². The maximum absolute atomic E-state index is 11.2. The SMILES string of the molecule is CC1=CC[C@@H]2C(=CO1)[C@H]([C@@H](C)C(=O)O)CC[C@H]2C. The van der Waals surface area contributed by atoms with Crippen LogP contribution in [0.15, 0.2) is 23.7 Å². The van der Waals surface area contributed by atoms with Gasteiger partial charge < -0.3 is 9.84 Å². The molecule has 0 bridgehead atoms. The van der Waals surface area contributed by atoms with E-state index < -0.39 is 5.97 Å². The van der Waals surface area contributed by atoms with Crippen molar-refractivity contribution in [3.8, 4) is 0 Å². The molecule has 1 N–H and O–H groups in total. The van der Waals surface area contributed by atoms with Crippen molar-refractivity contribution in [3.05, 3.63) is 23.7 Å². The molecule has 1 fully saturated rings. The smallest absolute Gasteiger partial charge is 0.306 e. The minimum Gasteiger partial charge on any atom is -0.481 e. The topological polar surface area (TPSA) is 46.5 Å². The fourth-order valence-electron chi connectivity index (χ4n) is 3.17. The minimum absolute atomic E-state index is 0.128. The first-order valence-corrected chi connectivity index (χ1v) is 6.77. The van der Waals surface area contributed by atoms with E-state index in [4.69, 9.17) is 4.74 Å². The third-order valence-electron chi connectivity index (χ3n) is 4.51. The molecule has 0 radical (unpaired) electrons. The van der Waals surface area contributed by atoms with Gasteiger partial charge in [-0.05, 0) is 55.6 Å². The Bertz CT molecular complexity index is 395. The van der Waals surface area contributed by atoms with Crippen LogP contribution >= 0.6 is 0 Å². The van der Waals surface area contributed by atoms with Gasteiger partial charge in [-0.25, -0.2) is 0 Å². The molecule has 3 nitrogen and oxygen atoms in total. The highest BCUT2D eigenvalue weighted by atomic mass is 16.5. The van der Waals surface area contributed by atoms with Crippen LogP contribution in [0.25, 0.3) is 0 Å². The fraction of sp³-hybridized carbons (Fsp3) is 0.667. The molecule has 3 heteroatoms. The van der Waals surface area contributed by atoms with Crippen molar-refractivity contribution in [2.75, 3.05) is 0 Å². The first-order chi connectivity index (χ1) is 8.50. The van der Waals surface area contributed by atoms with E-state index >= 15 is 0 Å². The quantitative estimate of drug-likeness (QED) is 0.814. The van der Waals surface area contributed by atoms with Gasteiger partial charge in [0.2, 0.25) is 0 Å². The van der Waals surface area contributed by atoms with Crippen LogP contribution in [0.2, 0.25) is 0 Å². The molecular weight excluding hydrogens is 228 g/mol. The molecule has 0 amide bonds. The van der Waals surface area contributed by atoms with E-state index in [-0.39, 0.29) is 11.8 Å². The average Bonchev–Trinajstić information content (AvgIpc) is 2.52. The first-order valence-electron chi connectivity index (χ1n) is 6.77. The van der Waals surface area contributed by atoms with Gasteiger partial charge in [-0.1, -0.05) is 13.8 Å². The summed E-state index contributed by atoms with van der Waals surface area (Å²) in [5, 5.41) is 9.23. The summed E-state index contributed by atoms with van der Waals surface area (Å²) in [7, 11) is 0. The van der Waals surface area contributed by atoms with E-state index in [1.807, 2.05) is 20.1 Å². The van der Waals surface area contributed by atoms with E-state index in [1.165, 1.54) is 5.57 Å². The second-order valence-electron chi connectivity index (χ2n) is 5.68. The van der Waals surface area contributed by atoms with Crippen LogP contribution in [0.1, 0.15) is 40.0 Å². The van der Waals surface area contributed by atoms with Crippen molar-refractivity contribution < 1.29 is 14.6 Å². The number of hydrogen-bond acceptors (Lipinski definition) is 2. The van der Waals surface area contributed by atoms with Crippen molar-refractivity contribution in [2.24, 2.45) is 23.7 Å². The van der Waals surface area contributed by atoms with Crippen molar-refractivity contribution >= 4 is 5.97 Å². The van der Waals surface area contributed by atoms with E-state index in [9.17, 15) is 9.90 Å². The number of fused-ring (bicyclic) bond motifs is 1. The third kappa shape index (κ3) is 2.45. The zero-order valence-electron chi connectivity index (χ0n) is 11.3. The predicted octanol–water partition coefficient (Wildman–Crippen LogP) is 3.58. The van der Waals surface area contributed by atoms with Crippen LogP contribution in [0.3, 0.4) is 0 Å². The van der Waals surface area contributed by atoms with E-state index in [0.717, 1.165) is 25.0 Å². The largest absolute Gasteiger partial charge is 0.481 e. The zero-order valence-corrected chi connectivity index (χ0v) is 11.3. The molecule has 0 aromatic carbocycles. The summed E-state index contributed by atoms with van der Waals surface area (Å²) in [5.41, 5.74) is 1.21. The van der Waals surface area contributed by atoms with E-state index in [2.05, 4.69) is 13.0 Å². The average molecular weight is 250 g/mol. The van der Waals surface area contributed by atoms with Crippen LogP contribution in [0.4, 0.5) is 0 Å². The molecule has 1 heterocycles. The van der Waals surface area contributed by atoms with Gasteiger partial charge in [-0.3, -0.25) is 4.79 Å². The molecular formula is C15H22O3. The van der Waals surface area contributed by atoms with Gasteiger partial charge in [0.25, 0.3) is 0 Å². The molecule has 0 aromatic heterocycles. The van der Waals surface area contributed by atoms with Crippen molar-refractivity contribution in [3.63, 3.8) is 0 Å². The molecule has 4 atom stereocenters. The lowest BCUT2D eigenvalue weighted by atomic mass is 9.67. The maximum atomic E-state index is 11.2. The Labute approximate surface area is 109 Å². The minimum atomic E-state index is -0.705. The second kappa shape index (κ2) is 5.17. The van der Waals surface area contributed by atoms with Crippen LogP contribution in [0.5, 0.6) is 0 Å². The summed E-state index contributed by atoms with van der Waals surface area (Å²) in [6.45, 7) is 6.02. The fourth-order valence-corrected chi connectivity index (χ4v) is 3.17. The Morgan fingerprint density at radius 3 is 2.89 bits per heavy atom. The Morgan fingerprint density at radius 2 is 2.22 bits per heavy atom. The predicted molar refractivity (Wildman–Crippen MR) is 69.7 cm³/mol. The Hall–Kier alpha value is -1.25. The molecule has 18 heavy (non-hydrogen) atoms. The van der Waals surface area contributed by atoms with Gasteiger partial charge in [0.1, 0.15) is 0 Å². The van der Waals surface area contributed by atoms with Crippen LogP contribution < -0.4 is 0 Å².